The lowest BCUT2D eigenvalue weighted by Gasteiger charge is -2.52. The van der Waals surface area contributed by atoms with E-state index in [9.17, 15) is 24.3 Å². The van der Waals surface area contributed by atoms with Crippen LogP contribution in [0.25, 0.3) is 11.0 Å². The van der Waals surface area contributed by atoms with Crippen molar-refractivity contribution in [1.82, 2.24) is 24.3 Å². The molecule has 3 fully saturated rings. The number of aliphatic hydroxyl groups is 1. The summed E-state index contributed by atoms with van der Waals surface area (Å²) in [7, 11) is 3.29. The van der Waals surface area contributed by atoms with E-state index in [0.717, 1.165) is 18.0 Å². The van der Waals surface area contributed by atoms with E-state index >= 15 is 4.39 Å². The smallest absolute Gasteiger partial charge is 0.410 e. The molecular weight excluding hydrogens is 765 g/mol. The van der Waals surface area contributed by atoms with E-state index in [1.807, 2.05) is 36.4 Å². The molecule has 330 valence electrons. The van der Waals surface area contributed by atoms with Gasteiger partial charge in [0.15, 0.2) is 17.2 Å². The number of aliphatic hydroxyl groups excluding tert-OH is 1. The van der Waals surface area contributed by atoms with Gasteiger partial charge in [0.25, 0.3) is 5.67 Å². The highest BCUT2D eigenvalue weighted by atomic mass is 19.1. The Bertz CT molecular complexity index is 1840. The number of alkyl halides is 1. The van der Waals surface area contributed by atoms with Gasteiger partial charge in [0, 0.05) is 50.2 Å². The van der Waals surface area contributed by atoms with Crippen LogP contribution in [-0.4, -0.2) is 139 Å². The number of likely N-dealkylation sites (N-methyl/N-ethyl adjacent to an activating group) is 1. The average molecular weight is 832 g/mol. The summed E-state index contributed by atoms with van der Waals surface area (Å²) in [5.74, 6) is -7.52. The lowest BCUT2D eigenvalue weighted by molar-refractivity contribution is -0.354. The molecule has 1 N–H and O–H groups in total. The number of nitrogens with zero attached hydrogens (tertiary/aromatic N) is 5. The lowest BCUT2D eigenvalue weighted by Crippen LogP contribution is -2.65. The van der Waals surface area contributed by atoms with E-state index in [1.165, 1.54) is 18.9 Å². The van der Waals surface area contributed by atoms with E-state index in [-0.39, 0.29) is 37.3 Å². The normalized spacial score (nSPS) is 39.0. The summed E-state index contributed by atoms with van der Waals surface area (Å²) in [5, 5.41) is 11.8. The minimum Gasteiger partial charge on any atom is -0.455 e. The van der Waals surface area contributed by atoms with Crippen LogP contribution < -0.4 is 0 Å². The maximum Gasteiger partial charge on any atom is 0.410 e. The van der Waals surface area contributed by atoms with Crippen LogP contribution in [0.3, 0.4) is 0 Å². The zero-order valence-corrected chi connectivity index (χ0v) is 36.9. The van der Waals surface area contributed by atoms with Crippen LogP contribution in [0, 0.1) is 17.8 Å². The third-order valence-electron chi connectivity index (χ3n) is 13.4. The lowest BCUT2D eigenvalue weighted by atomic mass is 9.73. The van der Waals surface area contributed by atoms with Gasteiger partial charge < -0.3 is 43.2 Å². The van der Waals surface area contributed by atoms with Crippen molar-refractivity contribution in [2.45, 2.75) is 167 Å². The number of pyridine rings is 1. The van der Waals surface area contributed by atoms with E-state index in [4.69, 9.17) is 23.7 Å². The first-order chi connectivity index (χ1) is 27.6. The molecule has 1 amide bonds. The van der Waals surface area contributed by atoms with Crippen molar-refractivity contribution in [3.05, 3.63) is 24.8 Å². The number of esters is 1. The molecule has 13 atom stereocenters. The number of halogens is 1. The Kier molecular flexibility index (Phi) is 14.0. The van der Waals surface area contributed by atoms with Gasteiger partial charge in [0.2, 0.25) is 0 Å². The fraction of sp³-hybridized carbons (Fsp3) is 0.767. The van der Waals surface area contributed by atoms with Gasteiger partial charge in [-0.05, 0) is 86.4 Å². The number of unbranched alkanes of at least 4 members (excludes halogenated alkanes) is 1. The largest absolute Gasteiger partial charge is 0.455 e. The molecule has 0 aromatic carbocycles. The second-order valence-electron chi connectivity index (χ2n) is 17.8. The van der Waals surface area contributed by atoms with E-state index in [2.05, 4.69) is 9.97 Å². The van der Waals surface area contributed by atoms with Gasteiger partial charge in [0.05, 0.1) is 47.4 Å². The van der Waals surface area contributed by atoms with Crippen molar-refractivity contribution in [1.29, 1.82) is 0 Å². The van der Waals surface area contributed by atoms with Gasteiger partial charge in [-0.3, -0.25) is 14.6 Å². The zero-order chi connectivity index (χ0) is 43.8. The molecular formula is C43H66FN5O10. The molecule has 0 unspecified atom stereocenters. The number of hydrogen-bond donors (Lipinski definition) is 1. The molecule has 3 aliphatic rings. The van der Waals surface area contributed by atoms with Gasteiger partial charge in [-0.2, -0.15) is 0 Å². The monoisotopic (exact) mass is 831 g/mol. The Morgan fingerprint density at radius 1 is 1.03 bits per heavy atom. The number of hydrogen-bond acceptors (Lipinski definition) is 13. The molecule has 0 radical (unpaired) electrons. The van der Waals surface area contributed by atoms with Gasteiger partial charge in [-0.1, -0.05) is 34.6 Å². The van der Waals surface area contributed by atoms with Crippen molar-refractivity contribution < 1.29 is 52.4 Å². The first-order valence-corrected chi connectivity index (χ1v) is 21.1. The van der Waals surface area contributed by atoms with Gasteiger partial charge in [-0.15, -0.1) is 0 Å². The van der Waals surface area contributed by atoms with Crippen LogP contribution in [0.5, 0.6) is 0 Å². The number of methoxy groups -OCH3 is 1. The summed E-state index contributed by atoms with van der Waals surface area (Å²) >= 11 is 0. The number of carbonyl (C=O) groups excluding carboxylic acids is 4. The fourth-order valence-corrected chi connectivity index (χ4v) is 9.86. The van der Waals surface area contributed by atoms with Crippen molar-refractivity contribution in [3.8, 4) is 0 Å². The predicted molar refractivity (Wildman–Crippen MR) is 216 cm³/mol. The second kappa shape index (κ2) is 17.8. The Hall–Kier alpha value is -3.57. The third kappa shape index (κ3) is 8.80. The van der Waals surface area contributed by atoms with E-state index in [1.54, 1.807) is 60.3 Å². The number of Topliss-reactive ketones (excluding diaryl/α,β-unsaturated/α-hetero) is 2. The molecule has 5 heterocycles. The quantitative estimate of drug-likeness (QED) is 0.176. The van der Waals surface area contributed by atoms with Gasteiger partial charge in [-0.25, -0.2) is 19.0 Å². The molecule has 0 saturated carbocycles. The molecule has 2 aromatic rings. The average Bonchev–Trinajstić information content (AvgIpc) is 3.73. The van der Waals surface area contributed by atoms with E-state index < -0.39 is 82.6 Å². The van der Waals surface area contributed by atoms with Crippen LogP contribution in [0.1, 0.15) is 101 Å². The Morgan fingerprint density at radius 3 is 2.36 bits per heavy atom. The number of imidazole rings is 1. The molecule has 3 aliphatic heterocycles. The molecule has 0 spiro atoms. The molecule has 5 rings (SSSR count). The molecule has 15 nitrogen and oxygen atoms in total. The Labute approximate surface area is 347 Å². The number of cyclic esters (lactones) is 1. The summed E-state index contributed by atoms with van der Waals surface area (Å²) < 4.78 is 50.1. The minimum atomic E-state index is -3.19. The topological polar surface area (TPSA) is 172 Å². The van der Waals surface area contributed by atoms with Crippen molar-refractivity contribution in [2.24, 2.45) is 17.8 Å². The number of aromatic nitrogens is 3. The predicted octanol–water partition coefficient (Wildman–Crippen LogP) is 5.29. The van der Waals surface area contributed by atoms with Crippen LogP contribution in [-0.2, 0) is 44.6 Å². The number of fused-ring (bicyclic) bond motifs is 2. The first-order valence-electron chi connectivity index (χ1n) is 21.1. The summed E-state index contributed by atoms with van der Waals surface area (Å²) in [4.78, 5) is 69.1. The molecule has 59 heavy (non-hydrogen) atoms. The first kappa shape index (κ1) is 46.5. The highest BCUT2D eigenvalue weighted by Crippen LogP contribution is 2.45. The zero-order valence-electron chi connectivity index (χ0n) is 36.9. The summed E-state index contributed by atoms with van der Waals surface area (Å²) in [6, 6.07) is 0.528. The maximum absolute atomic E-state index is 17.0. The number of ether oxygens (including phenoxy) is 5. The molecule has 0 aliphatic carbocycles. The highest BCUT2D eigenvalue weighted by Gasteiger charge is 2.62. The summed E-state index contributed by atoms with van der Waals surface area (Å²) in [6.45, 7) is 17.6. The van der Waals surface area contributed by atoms with Crippen molar-refractivity contribution >= 4 is 34.7 Å². The standard InChI is InChI=1S/C43H66FN5O10/c1-13-32-42(9)34(49(39(54)59-42)20-16-15-19-48-24-46-29-17-18-45-23-31(29)48)27(5)33(50)25(3)22-40(7,55-12)37(28(6)35(51)41(8,44)38(53)56-32)58-43(10)36(52)30(47(11)14-2)21-26(4)57-43/h17-18,23-28,30,32,34,36-37,52H,13-16,19-22H2,1-12H3/t25-,26-,27+,28+,30+,32-,34-,36-,37-,40-,41+,42-,43+/m1/s1. The number of carbonyl (C=O) groups is 4. The summed E-state index contributed by atoms with van der Waals surface area (Å²) in [5.41, 5.74) is -4.55. The Morgan fingerprint density at radius 2 is 1.71 bits per heavy atom. The SMILES string of the molecule is CC[C@H]1OC(=O)[C@@](C)(F)C(=O)[C@H](C)[C@@H](O[C@]2(C)O[C@H](C)C[C@H](N(C)CC)[C@H]2O)[C@](C)(OC)C[C@@H](C)C(=O)[C@H](C)[C@H]2N(CCCCn3cnc4ccncc43)C(=O)O[C@]12C. The van der Waals surface area contributed by atoms with Crippen molar-refractivity contribution in [3.63, 3.8) is 0 Å². The third-order valence-corrected chi connectivity index (χ3v) is 13.4. The second-order valence-corrected chi connectivity index (χ2v) is 17.8. The molecule has 0 bridgehead atoms. The number of amides is 1. The molecule has 2 aromatic heterocycles. The fourth-order valence-electron chi connectivity index (χ4n) is 9.86. The minimum absolute atomic E-state index is 0.00834. The number of aryl methyl sites for hydroxylation is 1. The Balaban J connectivity index is 1.51. The maximum atomic E-state index is 17.0. The highest BCUT2D eigenvalue weighted by molar-refractivity contribution is 6.08. The van der Waals surface area contributed by atoms with E-state index in [0.29, 0.717) is 32.4 Å². The molecule has 3 saturated heterocycles. The van der Waals surface area contributed by atoms with Gasteiger partial charge in [0.1, 0.15) is 18.0 Å². The van der Waals surface area contributed by atoms with Crippen LogP contribution in [0.2, 0.25) is 0 Å². The number of ketones is 2. The van der Waals surface area contributed by atoms with Crippen LogP contribution in [0.4, 0.5) is 9.18 Å². The van der Waals surface area contributed by atoms with Gasteiger partial charge >= 0.3 is 12.1 Å². The van der Waals surface area contributed by atoms with Crippen LogP contribution in [0.15, 0.2) is 24.8 Å². The van der Waals surface area contributed by atoms with Crippen LogP contribution >= 0.6 is 0 Å². The summed E-state index contributed by atoms with van der Waals surface area (Å²) in [6.07, 6.45) is 2.12. The molecule has 16 heteroatoms. The number of rotatable bonds is 11. The van der Waals surface area contributed by atoms with Crippen molar-refractivity contribution in [2.75, 3.05) is 27.2 Å².